The number of likely N-dealkylation sites (N-methyl/N-ethyl adjacent to an activating group) is 1. The summed E-state index contributed by atoms with van der Waals surface area (Å²) in [5, 5.41) is 0. The predicted octanol–water partition coefficient (Wildman–Crippen LogP) is 2.83. The molecule has 0 saturated carbocycles. The molecule has 2 aromatic rings. The first kappa shape index (κ1) is 18.4. The van der Waals surface area contributed by atoms with Gasteiger partial charge in [-0.1, -0.05) is 46.3 Å². The summed E-state index contributed by atoms with van der Waals surface area (Å²) in [6, 6.07) is 14.8. The van der Waals surface area contributed by atoms with Crippen molar-refractivity contribution in [2.24, 2.45) is 0 Å². The monoisotopic (exact) mass is 424 g/mol. The Morgan fingerprint density at radius 3 is 2.56 bits per heavy atom. The molecular formula is C18H21BrN2O3S. The summed E-state index contributed by atoms with van der Waals surface area (Å²) >= 11 is 3.33. The normalized spacial score (nSPS) is 21.4. The van der Waals surface area contributed by atoms with Crippen LogP contribution in [0.15, 0.2) is 57.9 Å². The molecule has 0 bridgehead atoms. The highest BCUT2D eigenvalue weighted by molar-refractivity contribution is 9.10. The van der Waals surface area contributed by atoms with E-state index in [9.17, 15) is 8.42 Å². The largest absolute Gasteiger partial charge is 0.495 e. The SMILES string of the molecule is COc1ccc(Br)cc1S(=O)(=O)N[C@H]1CN(C)C[C@H]1c1ccccc1. The van der Waals surface area contributed by atoms with Crippen LogP contribution < -0.4 is 9.46 Å². The Kier molecular flexibility index (Phi) is 5.48. The second-order valence-electron chi connectivity index (χ2n) is 6.26. The van der Waals surface area contributed by atoms with Crippen molar-refractivity contribution in [3.05, 3.63) is 58.6 Å². The molecule has 7 heteroatoms. The zero-order valence-electron chi connectivity index (χ0n) is 14.1. The minimum atomic E-state index is -3.70. The average molecular weight is 425 g/mol. The molecular weight excluding hydrogens is 404 g/mol. The van der Waals surface area contributed by atoms with E-state index in [1.54, 1.807) is 18.2 Å². The molecule has 0 unspecified atom stereocenters. The van der Waals surface area contributed by atoms with Crippen molar-refractivity contribution in [1.29, 1.82) is 0 Å². The van der Waals surface area contributed by atoms with Crippen LogP contribution in [0.3, 0.4) is 0 Å². The maximum absolute atomic E-state index is 13.0. The summed E-state index contributed by atoms with van der Waals surface area (Å²) < 4.78 is 34.8. The number of halogens is 1. The molecule has 1 aliphatic heterocycles. The van der Waals surface area contributed by atoms with Gasteiger partial charge in [0, 0.05) is 29.5 Å². The molecule has 3 rings (SSSR count). The van der Waals surface area contributed by atoms with Gasteiger partial charge in [-0.25, -0.2) is 13.1 Å². The van der Waals surface area contributed by atoms with Gasteiger partial charge in [0.1, 0.15) is 10.6 Å². The average Bonchev–Trinajstić information content (AvgIpc) is 2.95. The third kappa shape index (κ3) is 4.06. The second kappa shape index (κ2) is 7.45. The van der Waals surface area contributed by atoms with E-state index >= 15 is 0 Å². The summed E-state index contributed by atoms with van der Waals surface area (Å²) in [6.07, 6.45) is 0. The number of ether oxygens (including phenoxy) is 1. The van der Waals surface area contributed by atoms with Gasteiger partial charge in [-0.3, -0.25) is 0 Å². The van der Waals surface area contributed by atoms with Crippen molar-refractivity contribution in [2.45, 2.75) is 16.9 Å². The number of benzene rings is 2. The summed E-state index contributed by atoms with van der Waals surface area (Å²) in [7, 11) is -0.230. The molecule has 25 heavy (non-hydrogen) atoms. The van der Waals surface area contributed by atoms with Crippen molar-refractivity contribution >= 4 is 26.0 Å². The Bertz CT molecular complexity index is 843. The van der Waals surface area contributed by atoms with E-state index in [0.29, 0.717) is 16.8 Å². The number of nitrogens with one attached hydrogen (secondary N) is 1. The molecule has 1 fully saturated rings. The molecule has 0 aromatic heterocycles. The first-order valence-electron chi connectivity index (χ1n) is 8.00. The van der Waals surface area contributed by atoms with Gasteiger partial charge in [-0.2, -0.15) is 0 Å². The third-order valence-electron chi connectivity index (χ3n) is 4.45. The minimum Gasteiger partial charge on any atom is -0.495 e. The maximum atomic E-state index is 13.0. The Morgan fingerprint density at radius 1 is 1.16 bits per heavy atom. The van der Waals surface area contributed by atoms with Crippen LogP contribution in [0.25, 0.3) is 0 Å². The van der Waals surface area contributed by atoms with E-state index in [1.165, 1.54) is 7.11 Å². The topological polar surface area (TPSA) is 58.6 Å². The van der Waals surface area contributed by atoms with E-state index in [0.717, 1.165) is 12.1 Å². The van der Waals surface area contributed by atoms with E-state index < -0.39 is 10.0 Å². The van der Waals surface area contributed by atoms with Crippen molar-refractivity contribution < 1.29 is 13.2 Å². The highest BCUT2D eigenvalue weighted by Gasteiger charge is 2.35. The molecule has 1 aliphatic rings. The van der Waals surface area contributed by atoms with E-state index in [1.807, 2.05) is 37.4 Å². The van der Waals surface area contributed by atoms with Crippen molar-refractivity contribution in [3.8, 4) is 5.75 Å². The van der Waals surface area contributed by atoms with Gasteiger partial charge in [0.25, 0.3) is 0 Å². The summed E-state index contributed by atoms with van der Waals surface area (Å²) in [6.45, 7) is 1.47. The number of nitrogens with zero attached hydrogens (tertiary/aromatic N) is 1. The molecule has 0 radical (unpaired) electrons. The predicted molar refractivity (Wildman–Crippen MR) is 101 cm³/mol. The number of rotatable bonds is 5. The lowest BCUT2D eigenvalue weighted by molar-refractivity contribution is 0.399. The van der Waals surface area contributed by atoms with Crippen LogP contribution in [0.5, 0.6) is 5.75 Å². The van der Waals surface area contributed by atoms with Gasteiger partial charge < -0.3 is 9.64 Å². The Hall–Kier alpha value is -1.41. The van der Waals surface area contributed by atoms with Gasteiger partial charge >= 0.3 is 0 Å². The first-order chi connectivity index (χ1) is 11.9. The number of likely N-dealkylation sites (tertiary alicyclic amines) is 1. The van der Waals surface area contributed by atoms with E-state index in [4.69, 9.17) is 4.74 Å². The maximum Gasteiger partial charge on any atom is 0.244 e. The molecule has 1 heterocycles. The highest BCUT2D eigenvalue weighted by atomic mass is 79.9. The Balaban J connectivity index is 1.91. The molecule has 0 aliphatic carbocycles. The van der Waals surface area contributed by atoms with E-state index in [2.05, 4.69) is 25.6 Å². The first-order valence-corrected chi connectivity index (χ1v) is 10.3. The molecule has 5 nitrogen and oxygen atoms in total. The van der Waals surface area contributed by atoms with Crippen molar-refractivity contribution in [1.82, 2.24) is 9.62 Å². The molecule has 1 saturated heterocycles. The van der Waals surface area contributed by atoms with Crippen molar-refractivity contribution in [2.75, 3.05) is 27.2 Å². The molecule has 134 valence electrons. The standard InChI is InChI=1S/C18H21BrN2O3S/c1-21-11-15(13-6-4-3-5-7-13)16(12-21)20-25(22,23)18-10-14(19)8-9-17(18)24-2/h3-10,15-16,20H,11-12H2,1-2H3/t15-,16-/m0/s1. The Labute approximate surface area is 157 Å². The summed E-state index contributed by atoms with van der Waals surface area (Å²) in [5.74, 6) is 0.442. The second-order valence-corrected chi connectivity index (χ2v) is 8.86. The number of methoxy groups -OCH3 is 1. The van der Waals surface area contributed by atoms with Crippen LogP contribution in [0, 0.1) is 0 Å². The minimum absolute atomic E-state index is 0.110. The molecule has 1 N–H and O–H groups in total. The van der Waals surface area contributed by atoms with Gasteiger partial charge in [0.05, 0.1) is 7.11 Å². The number of hydrogen-bond acceptors (Lipinski definition) is 4. The fourth-order valence-corrected chi connectivity index (χ4v) is 5.26. The van der Waals surface area contributed by atoms with E-state index in [-0.39, 0.29) is 16.9 Å². The lowest BCUT2D eigenvalue weighted by atomic mass is 9.95. The lowest BCUT2D eigenvalue weighted by Gasteiger charge is -2.21. The molecule has 2 atom stereocenters. The lowest BCUT2D eigenvalue weighted by Crippen LogP contribution is -2.39. The van der Waals surface area contributed by atoms with Crippen LogP contribution in [-0.2, 0) is 10.0 Å². The van der Waals surface area contributed by atoms with Gasteiger partial charge in [0.2, 0.25) is 10.0 Å². The number of hydrogen-bond donors (Lipinski definition) is 1. The van der Waals surface area contributed by atoms with Gasteiger partial charge in [-0.05, 0) is 30.8 Å². The highest BCUT2D eigenvalue weighted by Crippen LogP contribution is 2.31. The zero-order chi connectivity index (χ0) is 18.0. The molecule has 2 aromatic carbocycles. The van der Waals surface area contributed by atoms with Crippen LogP contribution in [0.4, 0.5) is 0 Å². The summed E-state index contributed by atoms with van der Waals surface area (Å²) in [5.41, 5.74) is 1.14. The zero-order valence-corrected chi connectivity index (χ0v) is 16.5. The number of sulfonamides is 1. The molecule has 0 spiro atoms. The molecule has 0 amide bonds. The van der Waals surface area contributed by atoms with Crippen LogP contribution >= 0.6 is 15.9 Å². The Morgan fingerprint density at radius 2 is 1.88 bits per heavy atom. The van der Waals surface area contributed by atoms with Crippen molar-refractivity contribution in [3.63, 3.8) is 0 Å². The van der Waals surface area contributed by atoms with Crippen LogP contribution in [-0.4, -0.2) is 46.6 Å². The fourth-order valence-electron chi connectivity index (χ4n) is 3.28. The van der Waals surface area contributed by atoms with Crippen LogP contribution in [0.1, 0.15) is 11.5 Å². The smallest absolute Gasteiger partial charge is 0.244 e. The van der Waals surface area contributed by atoms with Crippen LogP contribution in [0.2, 0.25) is 0 Å². The van der Waals surface area contributed by atoms with Gasteiger partial charge in [-0.15, -0.1) is 0 Å². The quantitative estimate of drug-likeness (QED) is 0.801. The fraction of sp³-hybridized carbons (Fsp3) is 0.333. The summed E-state index contributed by atoms with van der Waals surface area (Å²) in [4.78, 5) is 2.29. The van der Waals surface area contributed by atoms with Gasteiger partial charge in [0.15, 0.2) is 0 Å². The third-order valence-corrected chi connectivity index (χ3v) is 6.46.